The third-order valence-corrected chi connectivity index (χ3v) is 6.09. The monoisotopic (exact) mass is 360 g/mol. The zero-order valence-electron chi connectivity index (χ0n) is 14.4. The Morgan fingerprint density at radius 1 is 1.24 bits per heavy atom. The number of rotatable bonds is 5. The summed E-state index contributed by atoms with van der Waals surface area (Å²) in [6, 6.07) is 2.23. The topological polar surface area (TPSA) is 55.6 Å². The van der Waals surface area contributed by atoms with Gasteiger partial charge in [0.1, 0.15) is 16.8 Å². The van der Waals surface area contributed by atoms with Gasteiger partial charge in [0, 0.05) is 30.1 Å². The lowest BCUT2D eigenvalue weighted by atomic mass is 9.93. The van der Waals surface area contributed by atoms with Crippen LogP contribution < -0.4 is 0 Å². The molecule has 25 heavy (non-hydrogen) atoms. The van der Waals surface area contributed by atoms with Crippen molar-refractivity contribution in [2.45, 2.75) is 63.6 Å². The van der Waals surface area contributed by atoms with E-state index in [2.05, 4.69) is 4.98 Å². The molecule has 1 aliphatic carbocycles. The summed E-state index contributed by atoms with van der Waals surface area (Å²) in [5, 5.41) is 2.83. The van der Waals surface area contributed by atoms with Crippen LogP contribution in [0.1, 0.15) is 72.1 Å². The zero-order chi connectivity index (χ0) is 17.1. The smallest absolute Gasteiger partial charge is 0.273 e. The van der Waals surface area contributed by atoms with Crippen molar-refractivity contribution in [3.8, 4) is 0 Å². The number of hydrogen-bond acceptors (Lipinski definition) is 5. The second-order valence-corrected chi connectivity index (χ2v) is 7.82. The molecule has 0 bridgehead atoms. The molecular formula is C19H24N2O3S. The number of thiazole rings is 1. The minimum absolute atomic E-state index is 0.0357. The summed E-state index contributed by atoms with van der Waals surface area (Å²) in [7, 11) is 0. The first-order valence-electron chi connectivity index (χ1n) is 9.20. The number of ether oxygens (including phenoxy) is 1. The number of hydrogen-bond donors (Lipinski definition) is 0. The van der Waals surface area contributed by atoms with Crippen LogP contribution in [0.15, 0.2) is 28.4 Å². The molecule has 4 rings (SSSR count). The van der Waals surface area contributed by atoms with Gasteiger partial charge in [0.15, 0.2) is 0 Å². The normalized spacial score (nSPS) is 21.5. The first-order chi connectivity index (χ1) is 12.3. The molecule has 2 aromatic rings. The predicted molar refractivity (Wildman–Crippen MR) is 95.5 cm³/mol. The van der Waals surface area contributed by atoms with Crippen molar-refractivity contribution in [1.82, 2.24) is 9.88 Å². The van der Waals surface area contributed by atoms with E-state index in [4.69, 9.17) is 9.15 Å². The van der Waals surface area contributed by atoms with Gasteiger partial charge in [0.25, 0.3) is 5.91 Å². The van der Waals surface area contributed by atoms with Gasteiger partial charge in [-0.1, -0.05) is 19.3 Å². The van der Waals surface area contributed by atoms with E-state index >= 15 is 0 Å². The SMILES string of the molecule is O=C(c1csc(C2CCCO2)n1)N(Cc1ccoc1)C1CCCCC1. The Balaban J connectivity index is 1.53. The highest BCUT2D eigenvalue weighted by molar-refractivity contribution is 7.09. The summed E-state index contributed by atoms with van der Waals surface area (Å²) in [6.07, 6.45) is 11.3. The molecule has 2 aliphatic rings. The predicted octanol–water partition coefficient (Wildman–Crippen LogP) is 4.56. The van der Waals surface area contributed by atoms with Crippen LogP contribution in [0.25, 0.3) is 0 Å². The lowest BCUT2D eigenvalue weighted by Crippen LogP contribution is -2.41. The maximum Gasteiger partial charge on any atom is 0.273 e. The summed E-state index contributed by atoms with van der Waals surface area (Å²) >= 11 is 1.55. The molecule has 1 aliphatic heterocycles. The van der Waals surface area contributed by atoms with E-state index in [1.807, 2.05) is 16.3 Å². The van der Waals surface area contributed by atoms with Gasteiger partial charge in [-0.05, 0) is 31.7 Å². The summed E-state index contributed by atoms with van der Waals surface area (Å²) < 4.78 is 10.9. The van der Waals surface area contributed by atoms with Crippen molar-refractivity contribution < 1.29 is 13.9 Å². The summed E-state index contributed by atoms with van der Waals surface area (Å²) in [6.45, 7) is 1.38. The van der Waals surface area contributed by atoms with E-state index in [9.17, 15) is 4.79 Å². The zero-order valence-corrected chi connectivity index (χ0v) is 15.2. The maximum absolute atomic E-state index is 13.2. The first kappa shape index (κ1) is 16.8. The molecule has 0 radical (unpaired) electrons. The van der Waals surface area contributed by atoms with E-state index in [0.717, 1.165) is 42.9 Å². The molecule has 3 heterocycles. The Bertz CT molecular complexity index is 685. The lowest BCUT2D eigenvalue weighted by molar-refractivity contribution is 0.0607. The molecule has 0 spiro atoms. The molecule has 2 fully saturated rings. The van der Waals surface area contributed by atoms with Gasteiger partial charge in [0.05, 0.1) is 12.5 Å². The van der Waals surface area contributed by atoms with Gasteiger partial charge in [-0.2, -0.15) is 0 Å². The van der Waals surface area contributed by atoms with Crippen LogP contribution in [0, 0.1) is 0 Å². The quantitative estimate of drug-likeness (QED) is 0.784. The number of carbonyl (C=O) groups is 1. The van der Waals surface area contributed by atoms with Crippen LogP contribution in [0.2, 0.25) is 0 Å². The van der Waals surface area contributed by atoms with Crippen LogP contribution in [0.5, 0.6) is 0 Å². The second-order valence-electron chi connectivity index (χ2n) is 6.93. The molecule has 134 valence electrons. The number of amides is 1. The van der Waals surface area contributed by atoms with E-state index in [1.54, 1.807) is 23.9 Å². The molecule has 1 saturated heterocycles. The molecule has 1 atom stereocenters. The highest BCUT2D eigenvalue weighted by Crippen LogP contribution is 2.32. The van der Waals surface area contributed by atoms with Crippen LogP contribution in [-0.4, -0.2) is 28.4 Å². The number of furan rings is 1. The number of nitrogens with zero attached hydrogens (tertiary/aromatic N) is 2. The van der Waals surface area contributed by atoms with Crippen molar-refractivity contribution >= 4 is 17.2 Å². The van der Waals surface area contributed by atoms with Crippen molar-refractivity contribution in [2.24, 2.45) is 0 Å². The lowest BCUT2D eigenvalue weighted by Gasteiger charge is -2.33. The van der Waals surface area contributed by atoms with E-state index in [-0.39, 0.29) is 12.0 Å². The second kappa shape index (κ2) is 7.70. The van der Waals surface area contributed by atoms with E-state index in [1.165, 1.54) is 19.3 Å². The molecule has 1 amide bonds. The molecule has 0 N–H and O–H groups in total. The van der Waals surface area contributed by atoms with Crippen molar-refractivity contribution in [1.29, 1.82) is 0 Å². The Morgan fingerprint density at radius 3 is 2.84 bits per heavy atom. The van der Waals surface area contributed by atoms with Crippen LogP contribution in [0.3, 0.4) is 0 Å². The van der Waals surface area contributed by atoms with Gasteiger partial charge in [-0.25, -0.2) is 4.98 Å². The van der Waals surface area contributed by atoms with Crippen LogP contribution in [0.4, 0.5) is 0 Å². The molecule has 6 heteroatoms. The third-order valence-electron chi connectivity index (χ3n) is 5.16. The van der Waals surface area contributed by atoms with Gasteiger partial charge in [-0.15, -0.1) is 11.3 Å². The van der Waals surface area contributed by atoms with E-state index < -0.39 is 0 Å². The summed E-state index contributed by atoms with van der Waals surface area (Å²) in [5.74, 6) is 0.0357. The van der Waals surface area contributed by atoms with Crippen molar-refractivity contribution in [2.75, 3.05) is 6.61 Å². The first-order valence-corrected chi connectivity index (χ1v) is 10.1. The Labute approximate surface area is 152 Å². The van der Waals surface area contributed by atoms with Gasteiger partial charge in [0.2, 0.25) is 0 Å². The van der Waals surface area contributed by atoms with Crippen molar-refractivity contribution in [3.63, 3.8) is 0 Å². The fourth-order valence-electron chi connectivity index (χ4n) is 3.79. The molecule has 1 unspecified atom stereocenters. The Hall–Kier alpha value is -1.66. The van der Waals surface area contributed by atoms with Crippen LogP contribution >= 0.6 is 11.3 Å². The minimum Gasteiger partial charge on any atom is -0.472 e. The fourth-order valence-corrected chi connectivity index (χ4v) is 4.67. The molecule has 0 aromatic carbocycles. The average molecular weight is 360 g/mol. The number of aromatic nitrogens is 1. The Kier molecular flexibility index (Phi) is 5.17. The fraction of sp³-hybridized carbons (Fsp3) is 0.579. The summed E-state index contributed by atoms with van der Waals surface area (Å²) in [5.41, 5.74) is 1.60. The standard InChI is InChI=1S/C19H24N2O3S/c22-19(16-13-25-18(20-16)17-7-4-9-24-17)21(11-14-8-10-23-12-14)15-5-2-1-3-6-15/h8,10,12-13,15,17H,1-7,9,11H2. The van der Waals surface area contributed by atoms with Gasteiger partial charge >= 0.3 is 0 Å². The molecule has 5 nitrogen and oxygen atoms in total. The third kappa shape index (κ3) is 3.80. The maximum atomic E-state index is 13.2. The van der Waals surface area contributed by atoms with Crippen molar-refractivity contribution in [3.05, 3.63) is 40.2 Å². The Morgan fingerprint density at radius 2 is 2.12 bits per heavy atom. The molecular weight excluding hydrogens is 336 g/mol. The van der Waals surface area contributed by atoms with E-state index in [0.29, 0.717) is 18.3 Å². The highest BCUT2D eigenvalue weighted by atomic mass is 32.1. The van der Waals surface area contributed by atoms with Gasteiger partial charge < -0.3 is 14.1 Å². The van der Waals surface area contributed by atoms with Gasteiger partial charge in [-0.3, -0.25) is 4.79 Å². The minimum atomic E-state index is 0.0357. The van der Waals surface area contributed by atoms with Crippen LogP contribution in [-0.2, 0) is 11.3 Å². The number of carbonyl (C=O) groups excluding carboxylic acids is 1. The summed E-state index contributed by atoms with van der Waals surface area (Å²) in [4.78, 5) is 19.8. The molecule has 2 aromatic heterocycles. The highest BCUT2D eigenvalue weighted by Gasteiger charge is 2.29. The average Bonchev–Trinajstić information content (AvgIpc) is 3.42. The largest absolute Gasteiger partial charge is 0.472 e. The molecule has 1 saturated carbocycles.